The first kappa shape index (κ1) is 16.8. The highest BCUT2D eigenvalue weighted by atomic mass is 35.5. The lowest BCUT2D eigenvalue weighted by Gasteiger charge is -2.17. The van der Waals surface area contributed by atoms with Gasteiger partial charge in [-0.15, -0.1) is 12.4 Å². The van der Waals surface area contributed by atoms with E-state index in [2.05, 4.69) is 5.32 Å². The Hall–Kier alpha value is -1.26. The van der Waals surface area contributed by atoms with Crippen LogP contribution in [0.15, 0.2) is 18.2 Å². The summed E-state index contributed by atoms with van der Waals surface area (Å²) in [5, 5.41) is 2.95. The molecule has 1 aromatic carbocycles. The highest BCUT2D eigenvalue weighted by Crippen LogP contribution is 2.32. The van der Waals surface area contributed by atoms with Crippen LogP contribution in [0.1, 0.15) is 24.0 Å². The molecule has 0 spiro atoms. The van der Waals surface area contributed by atoms with Crippen molar-refractivity contribution in [2.24, 2.45) is 11.7 Å². The van der Waals surface area contributed by atoms with Crippen LogP contribution < -0.4 is 15.8 Å². The molecule has 3 N–H and O–H groups in total. The number of rotatable bonds is 6. The van der Waals surface area contributed by atoms with E-state index in [9.17, 15) is 4.79 Å². The summed E-state index contributed by atoms with van der Waals surface area (Å²) in [6, 6.07) is 6.05. The Morgan fingerprint density at radius 1 is 1.40 bits per heavy atom. The van der Waals surface area contributed by atoms with Crippen molar-refractivity contribution in [1.29, 1.82) is 0 Å². The van der Waals surface area contributed by atoms with Crippen molar-refractivity contribution >= 4 is 18.3 Å². The van der Waals surface area contributed by atoms with Crippen LogP contribution in [0.2, 0.25) is 0 Å². The topological polar surface area (TPSA) is 64.3 Å². The zero-order valence-corrected chi connectivity index (χ0v) is 12.8. The molecule has 1 aliphatic rings. The van der Waals surface area contributed by atoms with Crippen molar-refractivity contribution in [3.63, 3.8) is 0 Å². The number of aryl methyl sites for hydroxylation is 2. The van der Waals surface area contributed by atoms with Gasteiger partial charge in [0.05, 0.1) is 0 Å². The number of nitrogens with two attached hydrogens (primary N) is 1. The van der Waals surface area contributed by atoms with Crippen molar-refractivity contribution in [1.82, 2.24) is 5.32 Å². The Morgan fingerprint density at radius 2 is 2.00 bits per heavy atom. The SMILES string of the molecule is Cc1cccc(C)c1OCC(=O)NC(CN)C1CC1.Cl. The number of hydrogen-bond acceptors (Lipinski definition) is 3. The molecule has 4 nitrogen and oxygen atoms in total. The molecule has 20 heavy (non-hydrogen) atoms. The van der Waals surface area contributed by atoms with E-state index in [0.717, 1.165) is 16.9 Å². The van der Waals surface area contributed by atoms with Gasteiger partial charge >= 0.3 is 0 Å². The third-order valence-corrected chi connectivity index (χ3v) is 3.55. The van der Waals surface area contributed by atoms with Gasteiger partial charge in [-0.05, 0) is 43.7 Å². The molecule has 1 unspecified atom stereocenters. The van der Waals surface area contributed by atoms with Gasteiger partial charge < -0.3 is 15.8 Å². The molecule has 1 amide bonds. The molecule has 0 bridgehead atoms. The average Bonchev–Trinajstić information content (AvgIpc) is 3.19. The van der Waals surface area contributed by atoms with E-state index >= 15 is 0 Å². The number of carbonyl (C=O) groups is 1. The van der Waals surface area contributed by atoms with E-state index in [4.69, 9.17) is 10.5 Å². The van der Waals surface area contributed by atoms with E-state index in [1.807, 2.05) is 32.0 Å². The Balaban J connectivity index is 0.00000200. The normalized spacial score (nSPS) is 15.2. The largest absolute Gasteiger partial charge is 0.483 e. The van der Waals surface area contributed by atoms with Crippen LogP contribution >= 0.6 is 12.4 Å². The highest BCUT2D eigenvalue weighted by molar-refractivity contribution is 5.85. The minimum absolute atomic E-state index is 0. The zero-order valence-electron chi connectivity index (χ0n) is 12.0. The average molecular weight is 299 g/mol. The second-order valence-corrected chi connectivity index (χ2v) is 5.26. The molecule has 1 aromatic rings. The van der Waals surface area contributed by atoms with Gasteiger partial charge in [0.15, 0.2) is 6.61 Å². The maximum absolute atomic E-state index is 11.8. The van der Waals surface area contributed by atoms with Gasteiger partial charge in [-0.2, -0.15) is 0 Å². The number of hydrogen-bond donors (Lipinski definition) is 2. The molecule has 0 saturated heterocycles. The first-order valence-corrected chi connectivity index (χ1v) is 6.80. The summed E-state index contributed by atoms with van der Waals surface area (Å²) in [6.45, 7) is 4.51. The summed E-state index contributed by atoms with van der Waals surface area (Å²) in [5.74, 6) is 1.27. The predicted molar refractivity (Wildman–Crippen MR) is 82.4 cm³/mol. The number of halogens is 1. The number of benzene rings is 1. The molecular formula is C15H23ClN2O2. The van der Waals surface area contributed by atoms with Gasteiger partial charge in [-0.3, -0.25) is 4.79 Å². The Labute approximate surface area is 126 Å². The first-order valence-electron chi connectivity index (χ1n) is 6.80. The van der Waals surface area contributed by atoms with E-state index in [1.54, 1.807) is 0 Å². The molecule has 0 radical (unpaired) electrons. The van der Waals surface area contributed by atoms with Gasteiger partial charge in [0, 0.05) is 12.6 Å². The smallest absolute Gasteiger partial charge is 0.258 e. The fraction of sp³-hybridized carbons (Fsp3) is 0.533. The van der Waals surface area contributed by atoms with Crippen LogP contribution in [0.4, 0.5) is 0 Å². The van der Waals surface area contributed by atoms with Crippen molar-refractivity contribution in [3.05, 3.63) is 29.3 Å². The molecule has 1 saturated carbocycles. The van der Waals surface area contributed by atoms with Gasteiger partial charge in [0.1, 0.15) is 5.75 Å². The Morgan fingerprint density at radius 3 is 2.50 bits per heavy atom. The van der Waals surface area contributed by atoms with E-state index < -0.39 is 0 Å². The maximum Gasteiger partial charge on any atom is 0.258 e. The lowest BCUT2D eigenvalue weighted by Crippen LogP contribution is -2.43. The fourth-order valence-electron chi connectivity index (χ4n) is 2.28. The summed E-state index contributed by atoms with van der Waals surface area (Å²) < 4.78 is 5.62. The van der Waals surface area contributed by atoms with Crippen LogP contribution in [0, 0.1) is 19.8 Å². The van der Waals surface area contributed by atoms with Gasteiger partial charge in [0.25, 0.3) is 5.91 Å². The predicted octanol–water partition coefficient (Wildman–Crippen LogP) is 1.96. The van der Waals surface area contributed by atoms with Crippen molar-refractivity contribution in [2.75, 3.05) is 13.2 Å². The molecule has 0 heterocycles. The minimum atomic E-state index is -0.0926. The van der Waals surface area contributed by atoms with Gasteiger partial charge in [-0.25, -0.2) is 0 Å². The van der Waals surface area contributed by atoms with E-state index in [-0.39, 0.29) is 31.0 Å². The number of carbonyl (C=O) groups excluding carboxylic acids is 1. The lowest BCUT2D eigenvalue weighted by atomic mass is 10.1. The molecule has 1 fully saturated rings. The first-order chi connectivity index (χ1) is 9.11. The molecule has 0 aliphatic heterocycles. The van der Waals surface area contributed by atoms with Crippen LogP contribution in [0.3, 0.4) is 0 Å². The third kappa shape index (κ3) is 4.39. The monoisotopic (exact) mass is 298 g/mol. The summed E-state index contributed by atoms with van der Waals surface area (Å²) in [4.78, 5) is 11.8. The summed E-state index contributed by atoms with van der Waals surface area (Å²) in [5.41, 5.74) is 7.76. The van der Waals surface area contributed by atoms with E-state index in [0.29, 0.717) is 12.5 Å². The maximum atomic E-state index is 11.8. The van der Waals surface area contributed by atoms with Gasteiger partial charge in [-0.1, -0.05) is 18.2 Å². The third-order valence-electron chi connectivity index (χ3n) is 3.55. The zero-order chi connectivity index (χ0) is 13.8. The molecule has 112 valence electrons. The molecular weight excluding hydrogens is 276 g/mol. The van der Waals surface area contributed by atoms with Crippen molar-refractivity contribution < 1.29 is 9.53 Å². The van der Waals surface area contributed by atoms with Crippen molar-refractivity contribution in [3.8, 4) is 5.75 Å². The summed E-state index contributed by atoms with van der Waals surface area (Å²) in [6.07, 6.45) is 2.33. The van der Waals surface area contributed by atoms with Crippen molar-refractivity contribution in [2.45, 2.75) is 32.7 Å². The molecule has 5 heteroatoms. The summed E-state index contributed by atoms with van der Waals surface area (Å²) in [7, 11) is 0. The van der Waals surface area contributed by atoms with E-state index in [1.165, 1.54) is 12.8 Å². The molecule has 1 aliphatic carbocycles. The lowest BCUT2D eigenvalue weighted by molar-refractivity contribution is -0.123. The standard InChI is InChI=1S/C15H22N2O2.ClH/c1-10-4-3-5-11(2)15(10)19-9-14(18)17-13(8-16)12-6-7-12;/h3-5,12-13H,6-9,16H2,1-2H3,(H,17,18);1H. The summed E-state index contributed by atoms with van der Waals surface area (Å²) >= 11 is 0. The Bertz CT molecular complexity index is 441. The van der Waals surface area contributed by atoms with Gasteiger partial charge in [0.2, 0.25) is 0 Å². The molecule has 0 aromatic heterocycles. The minimum Gasteiger partial charge on any atom is -0.483 e. The number of nitrogens with one attached hydrogen (secondary N) is 1. The second-order valence-electron chi connectivity index (χ2n) is 5.26. The fourth-order valence-corrected chi connectivity index (χ4v) is 2.28. The molecule has 2 rings (SSSR count). The second kappa shape index (κ2) is 7.50. The molecule has 1 atom stereocenters. The Kier molecular flexibility index (Phi) is 6.30. The van der Waals surface area contributed by atoms with Crippen LogP contribution in [-0.2, 0) is 4.79 Å². The van der Waals surface area contributed by atoms with Crippen LogP contribution in [-0.4, -0.2) is 25.1 Å². The van der Waals surface area contributed by atoms with Crippen LogP contribution in [0.5, 0.6) is 5.75 Å². The quantitative estimate of drug-likeness (QED) is 0.844. The number of amides is 1. The number of ether oxygens (including phenoxy) is 1. The van der Waals surface area contributed by atoms with Crippen LogP contribution in [0.25, 0.3) is 0 Å². The highest BCUT2D eigenvalue weighted by Gasteiger charge is 2.31. The number of para-hydroxylation sites is 1.